The second-order valence-corrected chi connectivity index (χ2v) is 4.53. The molecule has 4 nitrogen and oxygen atoms in total. The highest BCUT2D eigenvalue weighted by Gasteiger charge is 2.46. The van der Waals surface area contributed by atoms with Gasteiger partial charge in [-0.15, -0.1) is 0 Å². The van der Waals surface area contributed by atoms with Gasteiger partial charge in [-0.2, -0.15) is 0 Å². The smallest absolute Gasteiger partial charge is 0.314 e. The lowest BCUT2D eigenvalue weighted by Crippen LogP contribution is -2.42. The van der Waals surface area contributed by atoms with Gasteiger partial charge in [0.1, 0.15) is 0 Å². The number of hydrogen-bond donors (Lipinski definition) is 1. The molecule has 0 radical (unpaired) electrons. The van der Waals surface area contributed by atoms with Crippen LogP contribution >= 0.6 is 0 Å². The standard InChI is InChI=1S/C13H12N2O2/c16-12(17)13(3-1-4-13)10-6-9-2-5-14-8-11(9)15-7-10/h2,5-8H,1,3-4H2,(H,16,17). The van der Waals surface area contributed by atoms with Gasteiger partial charge in [0.25, 0.3) is 0 Å². The van der Waals surface area contributed by atoms with Crippen molar-refractivity contribution in [3.8, 4) is 0 Å². The van der Waals surface area contributed by atoms with E-state index in [0.29, 0.717) is 12.8 Å². The van der Waals surface area contributed by atoms with Crippen molar-refractivity contribution in [3.63, 3.8) is 0 Å². The lowest BCUT2D eigenvalue weighted by atomic mass is 9.65. The summed E-state index contributed by atoms with van der Waals surface area (Å²) in [6.07, 6.45) is 7.45. The number of aliphatic carboxylic acids is 1. The first-order valence-electron chi connectivity index (χ1n) is 5.66. The van der Waals surface area contributed by atoms with E-state index in [9.17, 15) is 9.90 Å². The van der Waals surface area contributed by atoms with Crippen LogP contribution in [0.5, 0.6) is 0 Å². The van der Waals surface area contributed by atoms with E-state index < -0.39 is 11.4 Å². The van der Waals surface area contributed by atoms with Crippen LogP contribution in [0.15, 0.2) is 30.7 Å². The lowest BCUT2D eigenvalue weighted by Gasteiger charge is -2.37. The summed E-state index contributed by atoms with van der Waals surface area (Å²) in [5, 5.41) is 10.3. The Balaban J connectivity index is 2.14. The summed E-state index contributed by atoms with van der Waals surface area (Å²) in [6, 6.07) is 3.79. The van der Waals surface area contributed by atoms with Crippen LogP contribution < -0.4 is 0 Å². The molecule has 0 amide bonds. The van der Waals surface area contributed by atoms with Gasteiger partial charge in [0.05, 0.1) is 17.1 Å². The third-order valence-corrected chi connectivity index (χ3v) is 3.66. The molecule has 2 aromatic rings. The second kappa shape index (κ2) is 3.52. The van der Waals surface area contributed by atoms with Gasteiger partial charge in [-0.1, -0.05) is 6.42 Å². The summed E-state index contributed by atoms with van der Waals surface area (Å²) >= 11 is 0. The highest BCUT2D eigenvalue weighted by molar-refractivity contribution is 5.85. The van der Waals surface area contributed by atoms with Crippen molar-refractivity contribution in [2.75, 3.05) is 0 Å². The van der Waals surface area contributed by atoms with E-state index in [1.807, 2.05) is 12.1 Å². The number of carbonyl (C=O) groups is 1. The summed E-state index contributed by atoms with van der Waals surface area (Å²) in [5.74, 6) is -0.737. The zero-order valence-corrected chi connectivity index (χ0v) is 9.26. The van der Waals surface area contributed by atoms with Crippen molar-refractivity contribution in [2.45, 2.75) is 24.7 Å². The van der Waals surface area contributed by atoms with Crippen molar-refractivity contribution >= 4 is 16.9 Å². The van der Waals surface area contributed by atoms with Gasteiger partial charge in [0, 0.05) is 17.8 Å². The number of aromatic nitrogens is 2. The zero-order chi connectivity index (χ0) is 11.9. The Morgan fingerprint density at radius 1 is 1.35 bits per heavy atom. The van der Waals surface area contributed by atoms with Crippen LogP contribution in [0.25, 0.3) is 10.9 Å². The molecule has 4 heteroatoms. The SMILES string of the molecule is O=C(O)C1(c2cnc3cnccc3c2)CCC1. The van der Waals surface area contributed by atoms with Crippen molar-refractivity contribution in [2.24, 2.45) is 0 Å². The maximum atomic E-state index is 11.4. The van der Waals surface area contributed by atoms with E-state index in [-0.39, 0.29) is 0 Å². The number of hydrogen-bond acceptors (Lipinski definition) is 3. The summed E-state index contributed by atoms with van der Waals surface area (Å²) in [4.78, 5) is 19.7. The van der Waals surface area contributed by atoms with Crippen molar-refractivity contribution in [3.05, 3.63) is 36.3 Å². The first-order chi connectivity index (χ1) is 8.22. The van der Waals surface area contributed by atoms with Crippen LogP contribution in [0.1, 0.15) is 24.8 Å². The molecule has 3 rings (SSSR count). The van der Waals surface area contributed by atoms with Crippen LogP contribution in [-0.4, -0.2) is 21.0 Å². The van der Waals surface area contributed by atoms with Crippen LogP contribution in [0, 0.1) is 0 Å². The molecule has 1 aliphatic rings. The van der Waals surface area contributed by atoms with Gasteiger partial charge in [-0.3, -0.25) is 14.8 Å². The first-order valence-corrected chi connectivity index (χ1v) is 5.66. The Hall–Kier alpha value is -1.97. The Bertz CT molecular complexity index is 591. The molecule has 0 aromatic carbocycles. The third kappa shape index (κ3) is 1.40. The molecular weight excluding hydrogens is 216 g/mol. The topological polar surface area (TPSA) is 63.1 Å². The van der Waals surface area contributed by atoms with Crippen LogP contribution in [-0.2, 0) is 10.2 Å². The lowest BCUT2D eigenvalue weighted by molar-refractivity contribution is -0.147. The molecule has 0 bridgehead atoms. The van der Waals surface area contributed by atoms with E-state index in [1.165, 1.54) is 0 Å². The fraction of sp³-hybridized carbons (Fsp3) is 0.308. The molecule has 0 spiro atoms. The van der Waals surface area contributed by atoms with Gasteiger partial charge < -0.3 is 5.11 Å². The third-order valence-electron chi connectivity index (χ3n) is 3.66. The highest BCUT2D eigenvalue weighted by atomic mass is 16.4. The molecule has 0 aliphatic heterocycles. The summed E-state index contributed by atoms with van der Waals surface area (Å²) in [5.41, 5.74) is 0.913. The maximum absolute atomic E-state index is 11.4. The molecular formula is C13H12N2O2. The normalized spacial score (nSPS) is 17.6. The minimum absolute atomic E-state index is 0.704. The molecule has 0 atom stereocenters. The first kappa shape index (κ1) is 10.2. The molecule has 1 N–H and O–H groups in total. The number of carboxylic acids is 1. The Morgan fingerprint density at radius 3 is 2.82 bits per heavy atom. The highest BCUT2D eigenvalue weighted by Crippen LogP contribution is 2.44. The maximum Gasteiger partial charge on any atom is 0.314 e. The van der Waals surface area contributed by atoms with Crippen molar-refractivity contribution in [1.82, 2.24) is 9.97 Å². The van der Waals surface area contributed by atoms with Gasteiger partial charge in [-0.25, -0.2) is 0 Å². The molecule has 1 fully saturated rings. The number of pyridine rings is 2. The Labute approximate surface area is 98.3 Å². The minimum Gasteiger partial charge on any atom is -0.481 e. The molecule has 1 saturated carbocycles. The minimum atomic E-state index is -0.737. The number of nitrogens with zero attached hydrogens (tertiary/aromatic N) is 2. The van der Waals surface area contributed by atoms with Crippen LogP contribution in [0.3, 0.4) is 0 Å². The fourth-order valence-electron chi connectivity index (χ4n) is 2.39. The quantitative estimate of drug-likeness (QED) is 0.855. The largest absolute Gasteiger partial charge is 0.481 e. The summed E-state index contributed by atoms with van der Waals surface area (Å²) < 4.78 is 0. The zero-order valence-electron chi connectivity index (χ0n) is 9.26. The van der Waals surface area contributed by atoms with E-state index in [0.717, 1.165) is 22.9 Å². The van der Waals surface area contributed by atoms with Gasteiger partial charge >= 0.3 is 5.97 Å². The Kier molecular flexibility index (Phi) is 2.11. The molecule has 1 aliphatic carbocycles. The van der Waals surface area contributed by atoms with Crippen molar-refractivity contribution in [1.29, 1.82) is 0 Å². The summed E-state index contributed by atoms with van der Waals surface area (Å²) in [6.45, 7) is 0. The summed E-state index contributed by atoms with van der Waals surface area (Å²) in [7, 11) is 0. The molecule has 86 valence electrons. The number of rotatable bonds is 2. The predicted octanol–water partition coefficient (Wildman–Crippen LogP) is 2.14. The molecule has 2 aromatic heterocycles. The average molecular weight is 228 g/mol. The Morgan fingerprint density at radius 2 is 2.18 bits per heavy atom. The molecule has 17 heavy (non-hydrogen) atoms. The van der Waals surface area contributed by atoms with Crippen molar-refractivity contribution < 1.29 is 9.90 Å². The van der Waals surface area contributed by atoms with Crippen LogP contribution in [0.2, 0.25) is 0 Å². The van der Waals surface area contributed by atoms with E-state index in [1.54, 1.807) is 18.6 Å². The van der Waals surface area contributed by atoms with Gasteiger partial charge in [-0.05, 0) is 30.5 Å². The van der Waals surface area contributed by atoms with E-state index >= 15 is 0 Å². The molecule has 0 saturated heterocycles. The second-order valence-electron chi connectivity index (χ2n) is 4.53. The number of carboxylic acid groups (broad SMARTS) is 1. The average Bonchev–Trinajstić information content (AvgIpc) is 2.27. The monoisotopic (exact) mass is 228 g/mol. The fourth-order valence-corrected chi connectivity index (χ4v) is 2.39. The molecule has 0 unspecified atom stereocenters. The predicted molar refractivity (Wildman–Crippen MR) is 62.7 cm³/mol. The van der Waals surface area contributed by atoms with Gasteiger partial charge in [0.15, 0.2) is 0 Å². The number of fused-ring (bicyclic) bond motifs is 1. The van der Waals surface area contributed by atoms with Crippen LogP contribution in [0.4, 0.5) is 0 Å². The van der Waals surface area contributed by atoms with E-state index in [4.69, 9.17) is 0 Å². The molecule has 2 heterocycles. The van der Waals surface area contributed by atoms with Gasteiger partial charge in [0.2, 0.25) is 0 Å². The van der Waals surface area contributed by atoms with E-state index in [2.05, 4.69) is 9.97 Å².